The molecule has 4 nitrogen and oxygen atoms in total. The number of carbonyl (C=O) groups is 2. The summed E-state index contributed by atoms with van der Waals surface area (Å²) in [6.07, 6.45) is 1.19. The van der Waals surface area contributed by atoms with Crippen molar-refractivity contribution in [3.63, 3.8) is 0 Å². The second-order valence-corrected chi connectivity index (χ2v) is 4.55. The minimum absolute atomic E-state index is 0.0280. The number of carbonyl (C=O) groups excluding carboxylic acids is 2. The van der Waals surface area contributed by atoms with Gasteiger partial charge in [0.15, 0.2) is 5.41 Å². The second-order valence-electron chi connectivity index (χ2n) is 4.55. The van der Waals surface area contributed by atoms with Gasteiger partial charge in [0.2, 0.25) is 0 Å². The zero-order valence-corrected chi connectivity index (χ0v) is 10.5. The van der Waals surface area contributed by atoms with Crippen molar-refractivity contribution in [2.45, 2.75) is 12.8 Å². The second kappa shape index (κ2) is 4.80. The van der Waals surface area contributed by atoms with Gasteiger partial charge in [-0.25, -0.2) is 0 Å². The van der Waals surface area contributed by atoms with Gasteiger partial charge in [-0.3, -0.25) is 9.59 Å². The highest BCUT2D eigenvalue weighted by atomic mass is 16.5. The number of hydrogen-bond donors (Lipinski definition) is 0. The molecule has 2 rings (SSSR count). The lowest BCUT2D eigenvalue weighted by atomic mass is 9.99. The standard InChI is InChI=1S/C14H16O4/c1-17-12(15)14(13(16)18-2)9-11(14)8-10-6-4-3-5-7-10/h3-7,11H,8-9H2,1-2H3/t11-/m0/s1. The van der Waals surface area contributed by atoms with Gasteiger partial charge in [-0.2, -0.15) is 0 Å². The summed E-state index contributed by atoms with van der Waals surface area (Å²) in [5.74, 6) is -1.01. The van der Waals surface area contributed by atoms with Crippen molar-refractivity contribution >= 4 is 11.9 Å². The normalized spacial score (nSPS) is 20.0. The van der Waals surface area contributed by atoms with Crippen molar-refractivity contribution in [1.29, 1.82) is 0 Å². The topological polar surface area (TPSA) is 52.6 Å². The molecule has 0 N–H and O–H groups in total. The first-order valence-corrected chi connectivity index (χ1v) is 5.86. The molecule has 1 atom stereocenters. The highest BCUT2D eigenvalue weighted by Gasteiger charge is 2.67. The zero-order valence-electron chi connectivity index (χ0n) is 10.5. The Kier molecular flexibility index (Phi) is 3.36. The van der Waals surface area contributed by atoms with E-state index >= 15 is 0 Å². The van der Waals surface area contributed by atoms with Crippen LogP contribution in [0.3, 0.4) is 0 Å². The van der Waals surface area contributed by atoms with Gasteiger partial charge in [-0.05, 0) is 24.3 Å². The van der Waals surface area contributed by atoms with E-state index in [4.69, 9.17) is 9.47 Å². The average Bonchev–Trinajstić information content (AvgIpc) is 3.13. The molecule has 1 aliphatic rings. The average molecular weight is 248 g/mol. The Hall–Kier alpha value is -1.84. The van der Waals surface area contributed by atoms with Gasteiger partial charge in [0.25, 0.3) is 0 Å². The van der Waals surface area contributed by atoms with Gasteiger partial charge in [0.05, 0.1) is 14.2 Å². The van der Waals surface area contributed by atoms with Crippen molar-refractivity contribution in [1.82, 2.24) is 0 Å². The molecule has 1 fully saturated rings. The Bertz CT molecular complexity index is 436. The fraction of sp³-hybridized carbons (Fsp3) is 0.429. The molecule has 0 bridgehead atoms. The monoisotopic (exact) mass is 248 g/mol. The van der Waals surface area contributed by atoms with Crippen LogP contribution < -0.4 is 0 Å². The number of benzene rings is 1. The summed E-state index contributed by atoms with van der Waals surface area (Å²) in [6.45, 7) is 0. The number of esters is 2. The molecule has 1 aliphatic carbocycles. The highest BCUT2D eigenvalue weighted by molar-refractivity contribution is 6.03. The van der Waals surface area contributed by atoms with Crippen LogP contribution >= 0.6 is 0 Å². The predicted octanol–water partition coefficient (Wildman–Crippen LogP) is 1.58. The van der Waals surface area contributed by atoms with E-state index in [0.29, 0.717) is 12.8 Å². The first kappa shape index (κ1) is 12.6. The maximum atomic E-state index is 11.8. The molecule has 96 valence electrons. The van der Waals surface area contributed by atoms with Crippen molar-refractivity contribution in [2.75, 3.05) is 14.2 Å². The van der Waals surface area contributed by atoms with Gasteiger partial charge < -0.3 is 9.47 Å². The van der Waals surface area contributed by atoms with E-state index in [9.17, 15) is 9.59 Å². The van der Waals surface area contributed by atoms with E-state index in [1.807, 2.05) is 30.3 Å². The molecule has 1 aromatic carbocycles. The van der Waals surface area contributed by atoms with E-state index in [1.165, 1.54) is 14.2 Å². The molecule has 0 amide bonds. The summed E-state index contributed by atoms with van der Waals surface area (Å²) in [7, 11) is 2.59. The third-order valence-electron chi connectivity index (χ3n) is 3.53. The Morgan fingerprint density at radius 3 is 2.22 bits per heavy atom. The maximum absolute atomic E-state index is 11.8. The maximum Gasteiger partial charge on any atom is 0.323 e. The van der Waals surface area contributed by atoms with Crippen molar-refractivity contribution in [3.8, 4) is 0 Å². The molecule has 0 unspecified atom stereocenters. The fourth-order valence-corrected chi connectivity index (χ4v) is 2.42. The Balaban J connectivity index is 2.13. The largest absolute Gasteiger partial charge is 0.468 e. The quantitative estimate of drug-likeness (QED) is 0.599. The smallest absolute Gasteiger partial charge is 0.323 e. The van der Waals surface area contributed by atoms with E-state index in [1.54, 1.807) is 0 Å². The number of methoxy groups -OCH3 is 2. The van der Waals surface area contributed by atoms with Crippen molar-refractivity contribution in [2.24, 2.45) is 11.3 Å². The lowest BCUT2D eigenvalue weighted by Gasteiger charge is -2.12. The number of rotatable bonds is 4. The van der Waals surface area contributed by atoms with Crippen LogP contribution in [-0.2, 0) is 25.5 Å². The SMILES string of the molecule is COC(=O)C1(C(=O)OC)C[C@@H]1Cc1ccccc1. The van der Waals surface area contributed by atoms with Crippen LogP contribution in [0.25, 0.3) is 0 Å². The molecule has 0 aliphatic heterocycles. The van der Waals surface area contributed by atoms with E-state index < -0.39 is 17.4 Å². The third kappa shape index (κ3) is 1.98. The highest BCUT2D eigenvalue weighted by Crippen LogP contribution is 2.55. The van der Waals surface area contributed by atoms with Crippen LogP contribution in [0, 0.1) is 11.3 Å². The molecular formula is C14H16O4. The summed E-state index contributed by atoms with van der Waals surface area (Å²) in [4.78, 5) is 23.5. The van der Waals surface area contributed by atoms with Crippen LogP contribution in [0.5, 0.6) is 0 Å². The van der Waals surface area contributed by atoms with Gasteiger partial charge in [-0.15, -0.1) is 0 Å². The zero-order chi connectivity index (χ0) is 13.2. The van der Waals surface area contributed by atoms with Crippen molar-refractivity contribution in [3.05, 3.63) is 35.9 Å². The van der Waals surface area contributed by atoms with Crippen LogP contribution in [0.15, 0.2) is 30.3 Å². The molecule has 18 heavy (non-hydrogen) atoms. The van der Waals surface area contributed by atoms with Gasteiger partial charge >= 0.3 is 11.9 Å². The number of ether oxygens (including phenoxy) is 2. The molecule has 0 heterocycles. The lowest BCUT2D eigenvalue weighted by Crippen LogP contribution is -2.30. The van der Waals surface area contributed by atoms with Crippen LogP contribution in [-0.4, -0.2) is 26.2 Å². The Morgan fingerprint density at radius 1 is 1.17 bits per heavy atom. The molecule has 0 radical (unpaired) electrons. The van der Waals surface area contributed by atoms with Gasteiger partial charge in [0.1, 0.15) is 0 Å². The Morgan fingerprint density at radius 2 is 1.72 bits per heavy atom. The van der Waals surface area contributed by atoms with Gasteiger partial charge in [0, 0.05) is 0 Å². The summed E-state index contributed by atoms with van der Waals surface area (Å²) in [6, 6.07) is 9.78. The van der Waals surface area contributed by atoms with E-state index in [0.717, 1.165) is 5.56 Å². The first-order valence-electron chi connectivity index (χ1n) is 5.86. The van der Waals surface area contributed by atoms with E-state index in [-0.39, 0.29) is 5.92 Å². The minimum Gasteiger partial charge on any atom is -0.468 e. The lowest BCUT2D eigenvalue weighted by molar-refractivity contribution is -0.162. The van der Waals surface area contributed by atoms with Crippen LogP contribution in [0.4, 0.5) is 0 Å². The summed E-state index contributed by atoms with van der Waals surface area (Å²) >= 11 is 0. The van der Waals surface area contributed by atoms with Gasteiger partial charge in [-0.1, -0.05) is 30.3 Å². The molecule has 1 saturated carbocycles. The molecule has 0 aromatic heterocycles. The summed E-state index contributed by atoms with van der Waals surface area (Å²) < 4.78 is 9.46. The predicted molar refractivity (Wildman–Crippen MR) is 64.7 cm³/mol. The molecule has 1 aromatic rings. The summed E-state index contributed by atoms with van der Waals surface area (Å²) in [5, 5.41) is 0. The summed E-state index contributed by atoms with van der Waals surface area (Å²) in [5.41, 5.74) is 0.0245. The molecular weight excluding hydrogens is 232 g/mol. The van der Waals surface area contributed by atoms with Crippen LogP contribution in [0.2, 0.25) is 0 Å². The number of hydrogen-bond acceptors (Lipinski definition) is 4. The third-order valence-corrected chi connectivity index (χ3v) is 3.53. The Labute approximate surface area is 106 Å². The van der Waals surface area contributed by atoms with E-state index in [2.05, 4.69) is 0 Å². The molecule has 4 heteroatoms. The fourth-order valence-electron chi connectivity index (χ4n) is 2.42. The van der Waals surface area contributed by atoms with Crippen LogP contribution in [0.1, 0.15) is 12.0 Å². The first-order chi connectivity index (χ1) is 8.65. The van der Waals surface area contributed by atoms with Crippen molar-refractivity contribution < 1.29 is 19.1 Å². The molecule has 0 saturated heterocycles. The molecule has 0 spiro atoms. The minimum atomic E-state index is -1.08.